The Hall–Kier alpha value is -3.48. The number of carbonyl (C=O) groups is 1. The van der Waals surface area contributed by atoms with E-state index in [0.717, 1.165) is 16.4 Å². The molecule has 0 aliphatic carbocycles. The number of aromatic hydroxyl groups is 1. The minimum Gasteiger partial charge on any atom is -0.505 e. The lowest BCUT2D eigenvalue weighted by Gasteiger charge is -2.17. The zero-order valence-corrected chi connectivity index (χ0v) is 16.8. The number of fused-ring (bicyclic) bond motifs is 1. The van der Waals surface area contributed by atoms with Crippen molar-refractivity contribution in [1.29, 1.82) is 0 Å². The maximum Gasteiger partial charge on any atom is 0.276 e. The maximum atomic E-state index is 12.7. The Morgan fingerprint density at radius 3 is 2.53 bits per heavy atom. The highest BCUT2D eigenvalue weighted by Gasteiger charge is 2.21. The van der Waals surface area contributed by atoms with Crippen molar-refractivity contribution in [2.24, 2.45) is 0 Å². The molecule has 0 fully saturated rings. The second-order valence-electron chi connectivity index (χ2n) is 6.78. The Kier molecular flexibility index (Phi) is 5.88. The number of hydrogen-bond donors (Lipinski definition) is 3. The molecule has 0 aliphatic rings. The smallest absolute Gasteiger partial charge is 0.276 e. The fourth-order valence-corrected chi connectivity index (χ4v) is 3.59. The number of phenolic OH excluding ortho intramolecular Hbond substituents is 1. The van der Waals surface area contributed by atoms with Crippen LogP contribution < -0.4 is 10.2 Å². The van der Waals surface area contributed by atoms with Gasteiger partial charge in [-0.1, -0.05) is 35.9 Å². The van der Waals surface area contributed by atoms with Crippen LogP contribution in [0.15, 0.2) is 79.1 Å². The van der Waals surface area contributed by atoms with Crippen LogP contribution >= 0.6 is 11.6 Å². The van der Waals surface area contributed by atoms with Crippen molar-refractivity contribution >= 4 is 39.9 Å². The first-order valence-corrected chi connectivity index (χ1v) is 9.85. The lowest BCUT2D eigenvalue weighted by molar-refractivity contribution is -0.753. The first-order chi connectivity index (χ1) is 14.6. The molecule has 7 heteroatoms. The lowest BCUT2D eigenvalue weighted by Crippen LogP contribution is -3.04. The number of phenols is 1. The van der Waals surface area contributed by atoms with Crippen LogP contribution in [-0.2, 0) is 11.3 Å². The summed E-state index contributed by atoms with van der Waals surface area (Å²) >= 11 is 6.32. The summed E-state index contributed by atoms with van der Waals surface area (Å²) in [7, 11) is 0. The van der Waals surface area contributed by atoms with Crippen LogP contribution in [0.3, 0.4) is 0 Å². The third-order valence-electron chi connectivity index (χ3n) is 4.80. The van der Waals surface area contributed by atoms with Crippen molar-refractivity contribution in [3.8, 4) is 5.75 Å². The highest BCUT2D eigenvalue weighted by atomic mass is 35.5. The molecule has 4 rings (SSSR count). The molecule has 1 atom stereocenters. The van der Waals surface area contributed by atoms with Crippen molar-refractivity contribution in [1.82, 2.24) is 15.3 Å². The number of amides is 1. The number of pyridine rings is 2. The normalized spacial score (nSPS) is 11.9. The Morgan fingerprint density at radius 2 is 1.77 bits per heavy atom. The average molecular weight is 420 g/mol. The highest BCUT2D eigenvalue weighted by Crippen LogP contribution is 2.32. The molecule has 0 saturated carbocycles. The number of halogens is 1. The van der Waals surface area contributed by atoms with Gasteiger partial charge >= 0.3 is 0 Å². The molecule has 150 valence electrons. The molecule has 1 amide bonds. The Labute approximate surface area is 178 Å². The molecule has 0 radical (unpaired) electrons. The Morgan fingerprint density at radius 1 is 1.00 bits per heavy atom. The van der Waals surface area contributed by atoms with E-state index in [2.05, 4.69) is 15.3 Å². The van der Waals surface area contributed by atoms with Gasteiger partial charge in [-0.25, -0.2) is 9.88 Å². The second-order valence-corrected chi connectivity index (χ2v) is 7.19. The minimum atomic E-state index is -0.184. The van der Waals surface area contributed by atoms with Gasteiger partial charge in [0.15, 0.2) is 6.54 Å². The number of hydrogen-bond acceptors (Lipinski definition) is 4. The van der Waals surface area contributed by atoms with E-state index in [4.69, 9.17) is 11.6 Å². The van der Waals surface area contributed by atoms with E-state index >= 15 is 0 Å². The van der Waals surface area contributed by atoms with Gasteiger partial charge in [0, 0.05) is 36.0 Å². The van der Waals surface area contributed by atoms with E-state index in [9.17, 15) is 9.90 Å². The number of nitrogens with zero attached hydrogens (tertiary/aromatic N) is 2. The third kappa shape index (κ3) is 4.25. The lowest BCUT2D eigenvalue weighted by atomic mass is 10.1. The fraction of sp³-hybridized carbons (Fsp3) is 0.0870. The molecule has 0 saturated heterocycles. The number of carbonyl (C=O) groups excluding carboxylic acids is 1. The summed E-state index contributed by atoms with van der Waals surface area (Å²) in [6.45, 7) is 0.294. The van der Waals surface area contributed by atoms with Gasteiger partial charge in [-0.05, 0) is 36.4 Å². The van der Waals surface area contributed by atoms with E-state index in [-0.39, 0.29) is 24.7 Å². The molecule has 30 heavy (non-hydrogen) atoms. The molecule has 0 bridgehead atoms. The largest absolute Gasteiger partial charge is 0.505 e. The van der Waals surface area contributed by atoms with Crippen LogP contribution in [0.4, 0.5) is 11.5 Å². The predicted octanol–water partition coefficient (Wildman–Crippen LogP) is 3.15. The van der Waals surface area contributed by atoms with Crippen LogP contribution in [0.25, 0.3) is 10.9 Å². The van der Waals surface area contributed by atoms with Crippen LogP contribution in [0.2, 0.25) is 5.02 Å². The maximum absolute atomic E-state index is 12.7. The summed E-state index contributed by atoms with van der Waals surface area (Å²) in [6.07, 6.45) is 3.30. The van der Waals surface area contributed by atoms with E-state index in [0.29, 0.717) is 21.5 Å². The molecular formula is C23H20ClN4O2+. The third-order valence-corrected chi connectivity index (χ3v) is 5.12. The SMILES string of the molecule is O=C(C[NH+](c1ccccc1)c1ccccn1)NCc1cc(Cl)c2cccnc2c1O. The molecule has 6 nitrogen and oxygen atoms in total. The number of nitrogens with one attached hydrogen (secondary N) is 2. The van der Waals surface area contributed by atoms with Crippen LogP contribution in [0.1, 0.15) is 5.56 Å². The van der Waals surface area contributed by atoms with Gasteiger partial charge in [0.2, 0.25) is 5.82 Å². The second kappa shape index (κ2) is 8.90. The molecule has 4 aromatic rings. The van der Waals surface area contributed by atoms with E-state index < -0.39 is 0 Å². The predicted molar refractivity (Wildman–Crippen MR) is 116 cm³/mol. The van der Waals surface area contributed by atoms with Gasteiger partial charge in [0.25, 0.3) is 5.91 Å². The van der Waals surface area contributed by atoms with Crippen LogP contribution in [0, 0.1) is 0 Å². The van der Waals surface area contributed by atoms with Gasteiger partial charge in [0.05, 0.1) is 5.02 Å². The van der Waals surface area contributed by atoms with Crippen molar-refractivity contribution < 1.29 is 14.8 Å². The van der Waals surface area contributed by atoms with Gasteiger partial charge in [-0.3, -0.25) is 9.78 Å². The first-order valence-electron chi connectivity index (χ1n) is 9.48. The Bertz CT molecular complexity index is 1130. The number of para-hydroxylation sites is 1. The number of aromatic nitrogens is 2. The zero-order valence-electron chi connectivity index (χ0n) is 16.0. The monoisotopic (exact) mass is 419 g/mol. The number of rotatable bonds is 6. The van der Waals surface area contributed by atoms with Gasteiger partial charge in [-0.15, -0.1) is 0 Å². The standard InChI is InChI=1S/C23H19ClN4O2/c24-19-13-16(23(30)22-18(19)9-6-12-26-22)14-27-21(29)15-28(17-7-2-1-3-8-17)20-10-4-5-11-25-20/h1-13,30H,14-15H2,(H,27,29)/p+1. The van der Waals surface area contributed by atoms with Gasteiger partial charge < -0.3 is 10.4 Å². The fourth-order valence-electron chi connectivity index (χ4n) is 3.31. The quantitative estimate of drug-likeness (QED) is 0.448. The summed E-state index contributed by atoms with van der Waals surface area (Å²) in [5.41, 5.74) is 1.87. The summed E-state index contributed by atoms with van der Waals surface area (Å²) in [6, 6.07) is 20.5. The van der Waals surface area contributed by atoms with Gasteiger partial charge in [0.1, 0.15) is 17.0 Å². The van der Waals surface area contributed by atoms with Crippen molar-refractivity contribution in [3.63, 3.8) is 0 Å². The molecule has 2 heterocycles. The summed E-state index contributed by atoms with van der Waals surface area (Å²) < 4.78 is 0. The first kappa shape index (κ1) is 19.8. The van der Waals surface area contributed by atoms with Crippen LogP contribution in [0.5, 0.6) is 5.75 Å². The average Bonchev–Trinajstić information content (AvgIpc) is 2.80. The van der Waals surface area contributed by atoms with E-state index in [1.54, 1.807) is 30.6 Å². The highest BCUT2D eigenvalue weighted by molar-refractivity contribution is 6.35. The molecule has 3 N–H and O–H groups in total. The molecule has 2 aromatic carbocycles. The summed E-state index contributed by atoms with van der Waals surface area (Å²) in [4.78, 5) is 22.2. The van der Waals surface area contributed by atoms with E-state index in [1.165, 1.54) is 0 Å². The van der Waals surface area contributed by atoms with E-state index in [1.807, 2.05) is 48.5 Å². The van der Waals surface area contributed by atoms with Crippen molar-refractivity contribution in [3.05, 3.63) is 89.7 Å². The summed E-state index contributed by atoms with van der Waals surface area (Å²) in [5, 5.41) is 14.5. The topological polar surface area (TPSA) is 79.6 Å². The molecule has 2 aromatic heterocycles. The Balaban J connectivity index is 1.52. The molecule has 0 aliphatic heterocycles. The molecule has 0 spiro atoms. The number of quaternary nitrogens is 1. The molecule has 1 unspecified atom stereocenters. The number of benzene rings is 2. The van der Waals surface area contributed by atoms with Crippen molar-refractivity contribution in [2.45, 2.75) is 6.54 Å². The van der Waals surface area contributed by atoms with Crippen LogP contribution in [-0.4, -0.2) is 27.5 Å². The zero-order chi connectivity index (χ0) is 20.9. The van der Waals surface area contributed by atoms with Gasteiger partial charge in [-0.2, -0.15) is 0 Å². The summed E-state index contributed by atoms with van der Waals surface area (Å²) in [5.74, 6) is 0.586. The van der Waals surface area contributed by atoms with Crippen molar-refractivity contribution in [2.75, 3.05) is 6.54 Å². The minimum absolute atomic E-state index is 0.0206. The molecular weight excluding hydrogens is 400 g/mol.